The van der Waals surface area contributed by atoms with Gasteiger partial charge in [0.2, 0.25) is 5.88 Å². The fourth-order valence-corrected chi connectivity index (χ4v) is 1.80. The molecule has 0 unspecified atom stereocenters. The van der Waals surface area contributed by atoms with Crippen molar-refractivity contribution in [1.29, 1.82) is 0 Å². The van der Waals surface area contributed by atoms with Crippen molar-refractivity contribution in [2.75, 3.05) is 20.2 Å². The highest BCUT2D eigenvalue weighted by Gasteiger charge is 2.21. The Bertz CT molecular complexity index is 276. The molecule has 1 aromatic heterocycles. The fourth-order valence-electron chi connectivity index (χ4n) is 1.80. The lowest BCUT2D eigenvalue weighted by Gasteiger charge is -2.19. The lowest BCUT2D eigenvalue weighted by molar-refractivity contribution is 0.193. The topological polar surface area (TPSA) is 25.4 Å². The Kier molecular flexibility index (Phi) is 2.99. The summed E-state index contributed by atoms with van der Waals surface area (Å²) in [7, 11) is 2.15. The molecule has 1 atom stereocenters. The molecule has 1 saturated heterocycles. The molecule has 3 nitrogen and oxygen atoms in total. The summed E-state index contributed by atoms with van der Waals surface area (Å²) in [6.07, 6.45) is 4.28. The molecule has 1 aliphatic heterocycles. The first kappa shape index (κ1) is 9.46. The Morgan fingerprint density at radius 2 is 2.50 bits per heavy atom. The van der Waals surface area contributed by atoms with E-state index in [1.807, 2.05) is 18.2 Å². The van der Waals surface area contributed by atoms with E-state index in [1.54, 1.807) is 6.20 Å². The van der Waals surface area contributed by atoms with E-state index in [9.17, 15) is 0 Å². The van der Waals surface area contributed by atoms with E-state index in [-0.39, 0.29) is 0 Å². The molecule has 0 saturated carbocycles. The molecule has 0 radical (unpaired) electrons. The van der Waals surface area contributed by atoms with E-state index < -0.39 is 0 Å². The molecule has 2 heterocycles. The lowest BCUT2D eigenvalue weighted by atomic mass is 10.2. The summed E-state index contributed by atoms with van der Waals surface area (Å²) in [6.45, 7) is 1.95. The van der Waals surface area contributed by atoms with Crippen LogP contribution in [-0.2, 0) is 0 Å². The molecule has 76 valence electrons. The normalized spacial score (nSPS) is 22.5. The minimum absolute atomic E-state index is 0.567. The van der Waals surface area contributed by atoms with Crippen LogP contribution in [-0.4, -0.2) is 36.1 Å². The second-order valence-corrected chi connectivity index (χ2v) is 3.76. The molecule has 3 heteroatoms. The van der Waals surface area contributed by atoms with Crippen molar-refractivity contribution in [2.24, 2.45) is 0 Å². The van der Waals surface area contributed by atoms with E-state index >= 15 is 0 Å². The number of pyridine rings is 1. The van der Waals surface area contributed by atoms with Crippen molar-refractivity contribution >= 4 is 0 Å². The Labute approximate surface area is 84.7 Å². The smallest absolute Gasteiger partial charge is 0.213 e. The minimum atomic E-state index is 0.567. The number of likely N-dealkylation sites (tertiary alicyclic amines) is 1. The second kappa shape index (κ2) is 4.42. The summed E-state index contributed by atoms with van der Waals surface area (Å²) in [4.78, 5) is 6.47. The van der Waals surface area contributed by atoms with Gasteiger partial charge >= 0.3 is 0 Å². The summed E-state index contributed by atoms with van der Waals surface area (Å²) >= 11 is 0. The van der Waals surface area contributed by atoms with Gasteiger partial charge < -0.3 is 9.64 Å². The van der Waals surface area contributed by atoms with Crippen molar-refractivity contribution in [3.05, 3.63) is 24.4 Å². The maximum Gasteiger partial charge on any atom is 0.213 e. The summed E-state index contributed by atoms with van der Waals surface area (Å²) in [5, 5.41) is 0. The van der Waals surface area contributed by atoms with Crippen molar-refractivity contribution in [2.45, 2.75) is 18.9 Å². The van der Waals surface area contributed by atoms with Crippen LogP contribution in [0.15, 0.2) is 24.4 Å². The van der Waals surface area contributed by atoms with Crippen LogP contribution in [0.3, 0.4) is 0 Å². The maximum absolute atomic E-state index is 5.61. The molecule has 0 spiro atoms. The average Bonchev–Trinajstić information content (AvgIpc) is 2.63. The SMILES string of the molecule is CN1CCC[C@@H]1COc1ccccn1. The van der Waals surface area contributed by atoms with Gasteiger partial charge in [-0.25, -0.2) is 4.98 Å². The largest absolute Gasteiger partial charge is 0.476 e. The van der Waals surface area contributed by atoms with Gasteiger partial charge in [0.25, 0.3) is 0 Å². The predicted molar refractivity (Wildman–Crippen MR) is 55.4 cm³/mol. The number of likely N-dealkylation sites (N-methyl/N-ethyl adjacent to an activating group) is 1. The third kappa shape index (κ3) is 2.23. The molecule has 1 aromatic rings. The summed E-state index contributed by atoms with van der Waals surface area (Å²) in [5.41, 5.74) is 0. The first-order valence-electron chi connectivity index (χ1n) is 5.10. The number of nitrogens with zero attached hydrogens (tertiary/aromatic N) is 2. The van der Waals surface area contributed by atoms with Crippen molar-refractivity contribution in [3.8, 4) is 5.88 Å². The van der Waals surface area contributed by atoms with Gasteiger partial charge in [-0.15, -0.1) is 0 Å². The molecule has 0 aliphatic carbocycles. The number of hydrogen-bond acceptors (Lipinski definition) is 3. The molecular formula is C11H16N2O. The number of aromatic nitrogens is 1. The van der Waals surface area contributed by atoms with Crippen LogP contribution in [0.2, 0.25) is 0 Å². The molecule has 14 heavy (non-hydrogen) atoms. The van der Waals surface area contributed by atoms with Gasteiger partial charge in [0, 0.05) is 18.3 Å². The zero-order valence-electron chi connectivity index (χ0n) is 8.52. The summed E-state index contributed by atoms with van der Waals surface area (Å²) in [5.74, 6) is 0.729. The average molecular weight is 192 g/mol. The minimum Gasteiger partial charge on any atom is -0.476 e. The summed E-state index contributed by atoms with van der Waals surface area (Å²) < 4.78 is 5.61. The highest BCUT2D eigenvalue weighted by atomic mass is 16.5. The second-order valence-electron chi connectivity index (χ2n) is 3.76. The summed E-state index contributed by atoms with van der Waals surface area (Å²) in [6, 6.07) is 6.31. The standard InChI is InChI=1S/C11H16N2O/c1-13-8-4-5-10(13)9-14-11-6-2-3-7-12-11/h2-3,6-7,10H,4-5,8-9H2,1H3/t10-/m1/s1. The molecule has 2 rings (SSSR count). The van der Waals surface area contributed by atoms with E-state index in [2.05, 4.69) is 16.9 Å². The first-order chi connectivity index (χ1) is 6.86. The lowest BCUT2D eigenvalue weighted by Crippen LogP contribution is -2.30. The first-order valence-corrected chi connectivity index (χ1v) is 5.10. The van der Waals surface area contributed by atoms with Crippen molar-refractivity contribution < 1.29 is 4.74 Å². The third-order valence-corrected chi connectivity index (χ3v) is 2.73. The molecule has 1 aliphatic rings. The van der Waals surface area contributed by atoms with Crippen LogP contribution in [0.5, 0.6) is 5.88 Å². The fraction of sp³-hybridized carbons (Fsp3) is 0.545. The highest BCUT2D eigenvalue weighted by Crippen LogP contribution is 2.15. The van der Waals surface area contributed by atoms with Crippen LogP contribution >= 0.6 is 0 Å². The Morgan fingerprint density at radius 3 is 3.14 bits per heavy atom. The number of ether oxygens (including phenoxy) is 1. The van der Waals surface area contributed by atoms with Gasteiger partial charge in [0.1, 0.15) is 6.61 Å². The molecule has 0 aromatic carbocycles. The molecule has 0 bridgehead atoms. The number of rotatable bonds is 3. The van der Waals surface area contributed by atoms with Crippen molar-refractivity contribution in [3.63, 3.8) is 0 Å². The van der Waals surface area contributed by atoms with Crippen molar-refractivity contribution in [1.82, 2.24) is 9.88 Å². The third-order valence-electron chi connectivity index (χ3n) is 2.73. The van der Waals surface area contributed by atoms with Gasteiger partial charge in [-0.2, -0.15) is 0 Å². The van der Waals surface area contributed by atoms with E-state index in [4.69, 9.17) is 4.74 Å². The van der Waals surface area contributed by atoms with Crippen LogP contribution in [0.4, 0.5) is 0 Å². The zero-order valence-corrected chi connectivity index (χ0v) is 8.52. The molecule has 0 N–H and O–H groups in total. The highest BCUT2D eigenvalue weighted by molar-refractivity contribution is 5.09. The maximum atomic E-state index is 5.61. The van der Waals surface area contributed by atoms with Gasteiger partial charge in [0.15, 0.2) is 0 Å². The van der Waals surface area contributed by atoms with Gasteiger partial charge in [-0.05, 0) is 32.5 Å². The van der Waals surface area contributed by atoms with E-state index in [0.29, 0.717) is 6.04 Å². The quantitative estimate of drug-likeness (QED) is 0.726. The molecule has 0 amide bonds. The monoisotopic (exact) mass is 192 g/mol. The molecule has 1 fully saturated rings. The van der Waals surface area contributed by atoms with Crippen LogP contribution < -0.4 is 4.74 Å². The van der Waals surface area contributed by atoms with Crippen LogP contribution in [0.25, 0.3) is 0 Å². The van der Waals surface area contributed by atoms with E-state index in [1.165, 1.54) is 19.4 Å². The van der Waals surface area contributed by atoms with E-state index in [0.717, 1.165) is 12.5 Å². The van der Waals surface area contributed by atoms with Crippen LogP contribution in [0.1, 0.15) is 12.8 Å². The van der Waals surface area contributed by atoms with Gasteiger partial charge in [-0.1, -0.05) is 6.07 Å². The zero-order chi connectivity index (χ0) is 9.80. The Hall–Kier alpha value is -1.09. The Morgan fingerprint density at radius 1 is 1.57 bits per heavy atom. The number of hydrogen-bond donors (Lipinski definition) is 0. The van der Waals surface area contributed by atoms with Gasteiger partial charge in [-0.3, -0.25) is 0 Å². The van der Waals surface area contributed by atoms with Gasteiger partial charge in [0.05, 0.1) is 0 Å². The predicted octanol–water partition coefficient (Wildman–Crippen LogP) is 1.55. The Balaban J connectivity index is 1.82. The van der Waals surface area contributed by atoms with Crippen LogP contribution in [0, 0.1) is 0 Å². The molecular weight excluding hydrogens is 176 g/mol.